The zero-order valence-corrected chi connectivity index (χ0v) is 7.69. The predicted molar refractivity (Wildman–Crippen MR) is 47.4 cm³/mol. The molecule has 0 aliphatic heterocycles. The average Bonchev–Trinajstić information content (AvgIpc) is 2.46. The fraction of sp³-hybridized carbons (Fsp3) is 0.500. The van der Waals surface area contributed by atoms with E-state index >= 15 is 0 Å². The van der Waals surface area contributed by atoms with Crippen LogP contribution in [0.1, 0.15) is 5.82 Å². The Hall–Kier alpha value is -1.36. The molecule has 5 nitrogen and oxygen atoms in total. The molecule has 13 heavy (non-hydrogen) atoms. The third-order valence-corrected chi connectivity index (χ3v) is 1.95. The number of carboxylic acids is 1. The first-order valence-electron chi connectivity index (χ1n) is 4.01. The van der Waals surface area contributed by atoms with E-state index in [-0.39, 0.29) is 0 Å². The van der Waals surface area contributed by atoms with Gasteiger partial charge in [0.05, 0.1) is 0 Å². The molecule has 72 valence electrons. The first-order chi connectivity index (χ1) is 6.15. The number of rotatable bonds is 4. The fourth-order valence-electron chi connectivity index (χ4n) is 1.09. The van der Waals surface area contributed by atoms with Crippen molar-refractivity contribution in [1.29, 1.82) is 0 Å². The number of nitrogens with one attached hydrogen (secondary N) is 1. The first kappa shape index (κ1) is 9.73. The van der Waals surface area contributed by atoms with Crippen LogP contribution in [0.15, 0.2) is 12.4 Å². The van der Waals surface area contributed by atoms with Crippen molar-refractivity contribution in [2.45, 2.75) is 12.5 Å². The van der Waals surface area contributed by atoms with Crippen molar-refractivity contribution in [2.24, 2.45) is 7.05 Å². The maximum Gasteiger partial charge on any atom is 0.321 e. The Morgan fingerprint density at radius 3 is 2.92 bits per heavy atom. The SMILES string of the molecule is CNC(Cc1nccn1C)C(=O)O. The summed E-state index contributed by atoms with van der Waals surface area (Å²) in [5.74, 6) is -0.0905. The molecule has 1 rings (SSSR count). The fourth-order valence-corrected chi connectivity index (χ4v) is 1.09. The lowest BCUT2D eigenvalue weighted by Gasteiger charge is -2.10. The molecule has 2 N–H and O–H groups in total. The standard InChI is InChI=1S/C8H13N3O2/c1-9-6(8(12)13)5-7-10-3-4-11(7)2/h3-4,6,9H,5H2,1-2H3,(H,12,13). The zero-order chi connectivity index (χ0) is 9.84. The Morgan fingerprint density at radius 1 is 1.85 bits per heavy atom. The Labute approximate surface area is 76.4 Å². The maximum atomic E-state index is 10.7. The lowest BCUT2D eigenvalue weighted by atomic mass is 10.2. The second-order valence-electron chi connectivity index (χ2n) is 2.84. The highest BCUT2D eigenvalue weighted by molar-refractivity contribution is 5.73. The number of carbonyl (C=O) groups is 1. The summed E-state index contributed by atoms with van der Waals surface area (Å²) in [6, 6.07) is -0.568. The van der Waals surface area contributed by atoms with E-state index in [1.54, 1.807) is 19.4 Å². The summed E-state index contributed by atoms with van der Waals surface area (Å²) >= 11 is 0. The molecule has 0 amide bonds. The number of carboxylic acid groups (broad SMARTS) is 1. The van der Waals surface area contributed by atoms with Crippen LogP contribution in [0.4, 0.5) is 0 Å². The molecule has 0 spiro atoms. The molecule has 1 heterocycles. The third-order valence-electron chi connectivity index (χ3n) is 1.95. The lowest BCUT2D eigenvalue weighted by Crippen LogP contribution is -2.36. The van der Waals surface area contributed by atoms with Gasteiger partial charge in [-0.05, 0) is 7.05 Å². The highest BCUT2D eigenvalue weighted by Crippen LogP contribution is 1.99. The van der Waals surface area contributed by atoms with Gasteiger partial charge in [0.25, 0.3) is 0 Å². The molecule has 0 fully saturated rings. The van der Waals surface area contributed by atoms with E-state index in [0.29, 0.717) is 6.42 Å². The van der Waals surface area contributed by atoms with Gasteiger partial charge in [-0.25, -0.2) is 4.98 Å². The Morgan fingerprint density at radius 2 is 2.54 bits per heavy atom. The Kier molecular flexibility index (Phi) is 3.02. The van der Waals surface area contributed by atoms with E-state index in [4.69, 9.17) is 5.11 Å². The molecular weight excluding hydrogens is 170 g/mol. The summed E-state index contributed by atoms with van der Waals surface area (Å²) in [7, 11) is 3.47. The minimum Gasteiger partial charge on any atom is -0.480 e. The molecule has 1 aromatic heterocycles. The molecule has 1 unspecified atom stereocenters. The van der Waals surface area contributed by atoms with Gasteiger partial charge in [0.15, 0.2) is 0 Å². The number of nitrogens with zero attached hydrogens (tertiary/aromatic N) is 2. The monoisotopic (exact) mass is 183 g/mol. The number of aliphatic carboxylic acids is 1. The second kappa shape index (κ2) is 4.04. The van der Waals surface area contributed by atoms with Crippen molar-refractivity contribution < 1.29 is 9.90 Å². The molecule has 5 heteroatoms. The predicted octanol–water partition coefficient (Wildman–Crippen LogP) is -0.365. The van der Waals surface area contributed by atoms with Crippen molar-refractivity contribution in [1.82, 2.24) is 14.9 Å². The van der Waals surface area contributed by atoms with E-state index in [1.807, 2.05) is 11.6 Å². The van der Waals surface area contributed by atoms with E-state index in [2.05, 4.69) is 10.3 Å². The van der Waals surface area contributed by atoms with Crippen LogP contribution in [0.2, 0.25) is 0 Å². The number of likely N-dealkylation sites (N-methyl/N-ethyl adjacent to an activating group) is 1. The molecule has 0 saturated carbocycles. The van der Waals surface area contributed by atoms with Gasteiger partial charge in [-0.2, -0.15) is 0 Å². The van der Waals surface area contributed by atoms with Gasteiger partial charge in [-0.1, -0.05) is 0 Å². The molecule has 0 aromatic carbocycles. The van der Waals surface area contributed by atoms with Crippen LogP contribution in [0.5, 0.6) is 0 Å². The number of imidazole rings is 1. The van der Waals surface area contributed by atoms with Crippen LogP contribution < -0.4 is 5.32 Å². The highest BCUT2D eigenvalue weighted by atomic mass is 16.4. The smallest absolute Gasteiger partial charge is 0.321 e. The number of aryl methyl sites for hydroxylation is 1. The van der Waals surface area contributed by atoms with Gasteiger partial charge < -0.3 is 15.0 Å². The molecule has 1 atom stereocenters. The lowest BCUT2D eigenvalue weighted by molar-refractivity contribution is -0.139. The molecule has 0 bridgehead atoms. The summed E-state index contributed by atoms with van der Waals surface area (Å²) in [6.45, 7) is 0. The van der Waals surface area contributed by atoms with E-state index < -0.39 is 12.0 Å². The van der Waals surface area contributed by atoms with Crippen LogP contribution in [0.3, 0.4) is 0 Å². The van der Waals surface area contributed by atoms with Crippen molar-refractivity contribution in [3.63, 3.8) is 0 Å². The van der Waals surface area contributed by atoms with Crippen molar-refractivity contribution in [3.8, 4) is 0 Å². The first-order valence-corrected chi connectivity index (χ1v) is 4.01. The second-order valence-corrected chi connectivity index (χ2v) is 2.84. The number of hydrogen-bond donors (Lipinski definition) is 2. The normalized spacial score (nSPS) is 12.8. The van der Waals surface area contributed by atoms with Gasteiger partial charge in [-0.3, -0.25) is 4.79 Å². The van der Waals surface area contributed by atoms with Gasteiger partial charge >= 0.3 is 5.97 Å². The summed E-state index contributed by atoms with van der Waals surface area (Å²) in [4.78, 5) is 14.7. The zero-order valence-electron chi connectivity index (χ0n) is 7.69. The molecular formula is C8H13N3O2. The van der Waals surface area contributed by atoms with E-state index in [0.717, 1.165) is 5.82 Å². The Bertz CT molecular complexity index is 295. The van der Waals surface area contributed by atoms with E-state index in [1.165, 1.54) is 0 Å². The van der Waals surface area contributed by atoms with Crippen LogP contribution in [0.25, 0.3) is 0 Å². The minimum atomic E-state index is -0.856. The largest absolute Gasteiger partial charge is 0.480 e. The topological polar surface area (TPSA) is 67.2 Å². The molecule has 1 aromatic rings. The van der Waals surface area contributed by atoms with Crippen LogP contribution in [0, 0.1) is 0 Å². The van der Waals surface area contributed by atoms with Gasteiger partial charge in [-0.15, -0.1) is 0 Å². The number of aromatic nitrogens is 2. The average molecular weight is 183 g/mol. The summed E-state index contributed by atoms with van der Waals surface area (Å²) in [5.41, 5.74) is 0. The quantitative estimate of drug-likeness (QED) is 0.668. The van der Waals surface area contributed by atoms with Crippen molar-refractivity contribution in [2.75, 3.05) is 7.05 Å². The Balaban J connectivity index is 2.67. The highest BCUT2D eigenvalue weighted by Gasteiger charge is 2.17. The van der Waals surface area contributed by atoms with Crippen molar-refractivity contribution in [3.05, 3.63) is 18.2 Å². The van der Waals surface area contributed by atoms with Gasteiger partial charge in [0.1, 0.15) is 11.9 Å². The third kappa shape index (κ3) is 2.29. The summed E-state index contributed by atoms with van der Waals surface area (Å²) < 4.78 is 1.81. The molecule has 0 saturated heterocycles. The molecule has 0 aliphatic carbocycles. The molecule has 0 radical (unpaired) electrons. The van der Waals surface area contributed by atoms with E-state index in [9.17, 15) is 4.79 Å². The van der Waals surface area contributed by atoms with Gasteiger partial charge in [0, 0.05) is 25.9 Å². The van der Waals surface area contributed by atoms with Crippen LogP contribution in [-0.4, -0.2) is 33.7 Å². The number of hydrogen-bond acceptors (Lipinski definition) is 3. The van der Waals surface area contributed by atoms with Crippen molar-refractivity contribution >= 4 is 5.97 Å². The summed E-state index contributed by atoms with van der Waals surface area (Å²) in [5, 5.41) is 11.5. The van der Waals surface area contributed by atoms with Crippen LogP contribution >= 0.6 is 0 Å². The molecule has 0 aliphatic rings. The minimum absolute atomic E-state index is 0.398. The van der Waals surface area contributed by atoms with Gasteiger partial charge in [0.2, 0.25) is 0 Å². The summed E-state index contributed by atoms with van der Waals surface area (Å²) in [6.07, 6.45) is 3.85. The maximum absolute atomic E-state index is 10.7. The van der Waals surface area contributed by atoms with Crippen LogP contribution in [-0.2, 0) is 18.3 Å².